The Kier molecular flexibility index (Phi) is 3.57. The van der Waals surface area contributed by atoms with E-state index in [4.69, 9.17) is 5.11 Å². The largest absolute Gasteiger partial charge is 0.416 e. The maximum Gasteiger partial charge on any atom is 0.416 e. The summed E-state index contributed by atoms with van der Waals surface area (Å²) in [7, 11) is 0. The third kappa shape index (κ3) is 2.76. The number of rotatable bonds is 2. The zero-order chi connectivity index (χ0) is 14.0. The summed E-state index contributed by atoms with van der Waals surface area (Å²) in [5, 5.41) is 8.95. The molecule has 0 spiro atoms. The second-order valence-electron chi connectivity index (χ2n) is 4.02. The number of hydrogen-bond acceptors (Lipinski definition) is 1. The second-order valence-corrected chi connectivity index (χ2v) is 4.02. The van der Waals surface area contributed by atoms with E-state index in [2.05, 4.69) is 0 Å². The van der Waals surface area contributed by atoms with Gasteiger partial charge in [0.1, 0.15) is 5.82 Å². The van der Waals surface area contributed by atoms with Crippen molar-refractivity contribution in [1.29, 1.82) is 0 Å². The van der Waals surface area contributed by atoms with Crippen LogP contribution in [0.5, 0.6) is 0 Å². The van der Waals surface area contributed by atoms with Gasteiger partial charge in [-0.2, -0.15) is 13.2 Å². The summed E-state index contributed by atoms with van der Waals surface area (Å²) < 4.78 is 51.7. The summed E-state index contributed by atoms with van der Waals surface area (Å²) in [5.74, 6) is -0.704. The lowest BCUT2D eigenvalue weighted by Crippen LogP contribution is -2.04. The van der Waals surface area contributed by atoms with Crippen molar-refractivity contribution in [3.05, 3.63) is 59.4 Å². The highest BCUT2D eigenvalue weighted by Gasteiger charge is 2.30. The van der Waals surface area contributed by atoms with Crippen LogP contribution in [0.3, 0.4) is 0 Å². The van der Waals surface area contributed by atoms with Crippen LogP contribution < -0.4 is 0 Å². The number of aliphatic hydroxyl groups is 1. The summed E-state index contributed by atoms with van der Waals surface area (Å²) in [6.07, 6.45) is -4.47. The van der Waals surface area contributed by atoms with E-state index in [9.17, 15) is 17.6 Å². The highest BCUT2D eigenvalue weighted by molar-refractivity contribution is 5.66. The van der Waals surface area contributed by atoms with Gasteiger partial charge in [-0.05, 0) is 17.7 Å². The van der Waals surface area contributed by atoms with Crippen molar-refractivity contribution in [3.63, 3.8) is 0 Å². The van der Waals surface area contributed by atoms with Crippen LogP contribution in [0.2, 0.25) is 0 Å². The summed E-state index contributed by atoms with van der Waals surface area (Å²) in [6, 6.07) is 8.69. The summed E-state index contributed by atoms with van der Waals surface area (Å²) in [4.78, 5) is 0. The van der Waals surface area contributed by atoms with E-state index in [0.29, 0.717) is 0 Å². The molecule has 0 aliphatic heterocycles. The van der Waals surface area contributed by atoms with E-state index < -0.39 is 24.2 Å². The van der Waals surface area contributed by atoms with Crippen molar-refractivity contribution < 1.29 is 22.7 Å². The highest BCUT2D eigenvalue weighted by atomic mass is 19.4. The van der Waals surface area contributed by atoms with Crippen molar-refractivity contribution in [3.8, 4) is 11.1 Å². The average molecular weight is 270 g/mol. The molecule has 1 N–H and O–H groups in total. The van der Waals surface area contributed by atoms with Crippen LogP contribution in [-0.2, 0) is 12.8 Å². The van der Waals surface area contributed by atoms with Crippen LogP contribution in [-0.4, -0.2) is 5.11 Å². The fourth-order valence-corrected chi connectivity index (χ4v) is 1.79. The third-order valence-electron chi connectivity index (χ3n) is 2.75. The molecule has 0 fully saturated rings. The lowest BCUT2D eigenvalue weighted by atomic mass is 10.0. The molecule has 0 radical (unpaired) electrons. The van der Waals surface area contributed by atoms with Crippen molar-refractivity contribution in [2.45, 2.75) is 12.8 Å². The van der Waals surface area contributed by atoms with Crippen LogP contribution in [0.1, 0.15) is 11.1 Å². The zero-order valence-electron chi connectivity index (χ0n) is 9.71. The Hall–Kier alpha value is -1.88. The first-order valence-corrected chi connectivity index (χ1v) is 5.49. The van der Waals surface area contributed by atoms with Crippen molar-refractivity contribution >= 4 is 0 Å². The molecule has 19 heavy (non-hydrogen) atoms. The van der Waals surface area contributed by atoms with Crippen LogP contribution in [0.25, 0.3) is 11.1 Å². The molecule has 0 heterocycles. The van der Waals surface area contributed by atoms with Crippen LogP contribution in [0.15, 0.2) is 42.5 Å². The highest BCUT2D eigenvalue weighted by Crippen LogP contribution is 2.33. The van der Waals surface area contributed by atoms with E-state index in [1.165, 1.54) is 30.3 Å². The Bertz CT molecular complexity index is 590. The normalized spacial score (nSPS) is 11.6. The monoisotopic (exact) mass is 270 g/mol. The lowest BCUT2D eigenvalue weighted by Gasteiger charge is -2.10. The Balaban J connectivity index is 2.54. The molecule has 0 saturated heterocycles. The topological polar surface area (TPSA) is 20.2 Å². The molecule has 0 aliphatic carbocycles. The van der Waals surface area contributed by atoms with Crippen LogP contribution in [0, 0.1) is 5.82 Å². The molecule has 0 atom stereocenters. The first-order valence-electron chi connectivity index (χ1n) is 5.49. The van der Waals surface area contributed by atoms with Crippen LogP contribution in [0.4, 0.5) is 17.6 Å². The molecule has 0 amide bonds. The van der Waals surface area contributed by atoms with Gasteiger partial charge in [-0.1, -0.05) is 30.3 Å². The predicted octanol–water partition coefficient (Wildman–Crippen LogP) is 4.00. The van der Waals surface area contributed by atoms with E-state index in [1.807, 2.05) is 0 Å². The minimum atomic E-state index is -4.47. The zero-order valence-corrected chi connectivity index (χ0v) is 9.71. The number of hydrogen-bond donors (Lipinski definition) is 1. The smallest absolute Gasteiger partial charge is 0.392 e. The van der Waals surface area contributed by atoms with Gasteiger partial charge in [0.15, 0.2) is 0 Å². The molecule has 2 rings (SSSR count). The molecule has 1 nitrogen and oxygen atoms in total. The molecule has 0 bridgehead atoms. The average Bonchev–Trinajstić information content (AvgIpc) is 2.38. The maximum absolute atomic E-state index is 13.9. The molecule has 0 saturated carbocycles. The molecule has 5 heteroatoms. The minimum absolute atomic E-state index is 0.0395. The molecular formula is C14H10F4O. The molecule has 2 aromatic rings. The van der Waals surface area contributed by atoms with Gasteiger partial charge in [-0.3, -0.25) is 0 Å². The quantitative estimate of drug-likeness (QED) is 0.818. The van der Waals surface area contributed by atoms with E-state index in [1.54, 1.807) is 0 Å². The maximum atomic E-state index is 13.9. The third-order valence-corrected chi connectivity index (χ3v) is 2.75. The Morgan fingerprint density at radius 1 is 1.00 bits per heavy atom. The van der Waals surface area contributed by atoms with Gasteiger partial charge < -0.3 is 5.11 Å². The van der Waals surface area contributed by atoms with E-state index in [-0.39, 0.29) is 16.7 Å². The summed E-state index contributed by atoms with van der Waals surface area (Å²) >= 11 is 0. The van der Waals surface area contributed by atoms with Gasteiger partial charge in [0.05, 0.1) is 12.2 Å². The Labute approximate surface area is 107 Å². The number of alkyl halides is 3. The van der Waals surface area contributed by atoms with Gasteiger partial charge in [0, 0.05) is 11.1 Å². The Morgan fingerprint density at radius 2 is 1.68 bits per heavy atom. The lowest BCUT2D eigenvalue weighted by molar-refractivity contribution is -0.137. The van der Waals surface area contributed by atoms with E-state index in [0.717, 1.165) is 12.1 Å². The standard InChI is InChI=1S/C14H10F4O/c15-13-10(8-19)4-2-6-12(13)9-3-1-5-11(7-9)14(16,17)18/h1-7,19H,8H2. The van der Waals surface area contributed by atoms with Gasteiger partial charge in [-0.25, -0.2) is 4.39 Å². The van der Waals surface area contributed by atoms with Gasteiger partial charge in [0.2, 0.25) is 0 Å². The molecule has 100 valence electrons. The SMILES string of the molecule is OCc1cccc(-c2cccc(C(F)(F)F)c2)c1F. The van der Waals surface area contributed by atoms with Crippen molar-refractivity contribution in [2.75, 3.05) is 0 Å². The van der Waals surface area contributed by atoms with Gasteiger partial charge in [0.25, 0.3) is 0 Å². The molecular weight excluding hydrogens is 260 g/mol. The number of halogens is 4. The molecule has 0 aliphatic rings. The molecule has 0 unspecified atom stereocenters. The van der Waals surface area contributed by atoms with Crippen molar-refractivity contribution in [1.82, 2.24) is 0 Å². The second kappa shape index (κ2) is 5.01. The van der Waals surface area contributed by atoms with Gasteiger partial charge in [-0.15, -0.1) is 0 Å². The predicted molar refractivity (Wildman–Crippen MR) is 62.8 cm³/mol. The summed E-state index contributed by atoms with van der Waals surface area (Å²) in [6.45, 7) is -0.501. The fourth-order valence-electron chi connectivity index (χ4n) is 1.79. The molecule has 0 aromatic heterocycles. The minimum Gasteiger partial charge on any atom is -0.392 e. The number of benzene rings is 2. The fraction of sp³-hybridized carbons (Fsp3) is 0.143. The Morgan fingerprint density at radius 3 is 2.32 bits per heavy atom. The first kappa shape index (κ1) is 13.5. The van der Waals surface area contributed by atoms with Gasteiger partial charge >= 0.3 is 6.18 Å². The first-order chi connectivity index (χ1) is 8.93. The molecule has 2 aromatic carbocycles. The van der Waals surface area contributed by atoms with Crippen molar-refractivity contribution in [2.24, 2.45) is 0 Å². The number of aliphatic hydroxyl groups excluding tert-OH is 1. The van der Waals surface area contributed by atoms with E-state index >= 15 is 0 Å². The summed E-state index contributed by atoms with van der Waals surface area (Å²) in [5.41, 5.74) is -0.617. The van der Waals surface area contributed by atoms with Crippen LogP contribution >= 0.6 is 0 Å².